The minimum Gasteiger partial charge on any atom is -0.493 e. The van der Waals surface area contributed by atoms with Crippen LogP contribution in [0.4, 0.5) is 20.2 Å². The molecule has 0 atom stereocenters. The number of fused-ring (bicyclic) bond motifs is 2. The summed E-state index contributed by atoms with van der Waals surface area (Å²) in [5.74, 6) is -0.270. The molecule has 2 heterocycles. The Labute approximate surface area is 163 Å². The number of ether oxygens (including phenoxy) is 2. The molecule has 144 valence electrons. The third-order valence-corrected chi connectivity index (χ3v) is 4.49. The Morgan fingerprint density at radius 2 is 1.55 bits per heavy atom. The fraction of sp³-hybridized carbons (Fsp3) is 0.0476. The number of para-hydroxylation sites is 2. The van der Waals surface area contributed by atoms with Crippen LogP contribution in [-0.2, 0) is 0 Å². The summed E-state index contributed by atoms with van der Waals surface area (Å²) < 4.78 is 36.8. The van der Waals surface area contributed by atoms with Crippen molar-refractivity contribution in [3.63, 3.8) is 0 Å². The Morgan fingerprint density at radius 3 is 2.38 bits per heavy atom. The largest absolute Gasteiger partial charge is 0.586 e. The fourth-order valence-corrected chi connectivity index (χ4v) is 3.25. The quantitative estimate of drug-likeness (QED) is 0.429. The van der Waals surface area contributed by atoms with Gasteiger partial charge < -0.3 is 14.6 Å². The van der Waals surface area contributed by atoms with Gasteiger partial charge in [-0.1, -0.05) is 36.4 Å². The molecule has 5 rings (SSSR count). The molecule has 1 aliphatic heterocycles. The fourth-order valence-electron chi connectivity index (χ4n) is 3.25. The summed E-state index contributed by atoms with van der Waals surface area (Å²) in [6.07, 6.45) is -3.69. The Kier molecular flexibility index (Phi) is 3.73. The van der Waals surface area contributed by atoms with Crippen molar-refractivity contribution in [2.24, 2.45) is 10.2 Å². The normalized spacial score (nSPS) is 14.7. The van der Waals surface area contributed by atoms with Crippen LogP contribution in [0.15, 0.2) is 83.0 Å². The van der Waals surface area contributed by atoms with Gasteiger partial charge in [0, 0.05) is 17.1 Å². The van der Waals surface area contributed by atoms with Crippen molar-refractivity contribution in [2.75, 3.05) is 0 Å². The highest BCUT2D eigenvalue weighted by Gasteiger charge is 2.43. The molecule has 3 aromatic carbocycles. The van der Waals surface area contributed by atoms with Crippen molar-refractivity contribution in [3.8, 4) is 23.1 Å². The second kappa shape index (κ2) is 6.30. The van der Waals surface area contributed by atoms with E-state index in [-0.39, 0.29) is 28.8 Å². The molecule has 0 saturated carbocycles. The first-order valence-electron chi connectivity index (χ1n) is 8.71. The van der Waals surface area contributed by atoms with Crippen LogP contribution in [0.1, 0.15) is 0 Å². The van der Waals surface area contributed by atoms with Gasteiger partial charge in [-0.3, -0.25) is 4.57 Å². The van der Waals surface area contributed by atoms with Crippen molar-refractivity contribution in [1.29, 1.82) is 0 Å². The molecule has 0 bridgehead atoms. The lowest BCUT2D eigenvalue weighted by atomic mass is 10.2. The Hall–Kier alpha value is -3.94. The van der Waals surface area contributed by atoms with Gasteiger partial charge in [-0.2, -0.15) is 5.11 Å². The maximum Gasteiger partial charge on any atom is 0.586 e. The molecule has 4 aromatic rings. The summed E-state index contributed by atoms with van der Waals surface area (Å²) in [6.45, 7) is 0. The first kappa shape index (κ1) is 17.2. The molecule has 0 saturated heterocycles. The van der Waals surface area contributed by atoms with Gasteiger partial charge in [0.25, 0.3) is 0 Å². The summed E-state index contributed by atoms with van der Waals surface area (Å²) in [6, 6.07) is 20.8. The van der Waals surface area contributed by atoms with Crippen LogP contribution in [0.25, 0.3) is 16.6 Å². The van der Waals surface area contributed by atoms with E-state index in [9.17, 15) is 13.9 Å². The van der Waals surface area contributed by atoms with Crippen LogP contribution < -0.4 is 9.47 Å². The van der Waals surface area contributed by atoms with Crippen molar-refractivity contribution < 1.29 is 23.4 Å². The third-order valence-electron chi connectivity index (χ3n) is 4.49. The molecule has 0 aliphatic carbocycles. The second-order valence-electron chi connectivity index (χ2n) is 6.36. The average molecular weight is 393 g/mol. The van der Waals surface area contributed by atoms with E-state index in [1.54, 1.807) is 4.57 Å². The van der Waals surface area contributed by atoms with Gasteiger partial charge in [0.2, 0.25) is 5.88 Å². The van der Waals surface area contributed by atoms with Gasteiger partial charge in [-0.25, -0.2) is 0 Å². The molecule has 6 nitrogen and oxygen atoms in total. The predicted molar refractivity (Wildman–Crippen MR) is 102 cm³/mol. The summed E-state index contributed by atoms with van der Waals surface area (Å²) in [7, 11) is 0. The molecular weight excluding hydrogens is 380 g/mol. The SMILES string of the molecule is Oc1c(N=Nc2ccc3c(c2)OC(F)(F)O3)c2ccccc2n1-c1ccccc1. The zero-order valence-corrected chi connectivity index (χ0v) is 14.8. The minimum absolute atomic E-state index is 0.0718. The van der Waals surface area contributed by atoms with E-state index in [2.05, 4.69) is 19.7 Å². The van der Waals surface area contributed by atoms with E-state index in [4.69, 9.17) is 0 Å². The van der Waals surface area contributed by atoms with Gasteiger partial charge in [0.05, 0.1) is 11.2 Å². The first-order valence-corrected chi connectivity index (χ1v) is 8.71. The molecular formula is C21H13F2N3O3. The van der Waals surface area contributed by atoms with E-state index in [0.29, 0.717) is 5.39 Å². The predicted octanol–water partition coefficient (Wildman–Crippen LogP) is 6.07. The number of azo groups is 1. The van der Waals surface area contributed by atoms with Gasteiger partial charge in [0.15, 0.2) is 17.2 Å². The van der Waals surface area contributed by atoms with Crippen LogP contribution in [0.5, 0.6) is 17.4 Å². The van der Waals surface area contributed by atoms with Crippen molar-refractivity contribution in [3.05, 3.63) is 72.8 Å². The number of aromatic hydroxyl groups is 1. The molecule has 29 heavy (non-hydrogen) atoms. The second-order valence-corrected chi connectivity index (χ2v) is 6.36. The highest BCUT2D eigenvalue weighted by molar-refractivity contribution is 5.96. The number of rotatable bonds is 3. The van der Waals surface area contributed by atoms with E-state index >= 15 is 0 Å². The molecule has 0 spiro atoms. The zero-order valence-electron chi connectivity index (χ0n) is 14.8. The lowest BCUT2D eigenvalue weighted by Gasteiger charge is -2.06. The van der Waals surface area contributed by atoms with Crippen LogP contribution in [0.2, 0.25) is 0 Å². The maximum atomic E-state index is 13.2. The standard InChI is InChI=1S/C21H13F2N3O3/c22-21(23)28-17-11-10-13(12-18(17)29-21)24-25-19-15-8-4-5-9-16(15)26(20(19)27)14-6-2-1-3-7-14/h1-12,27H. The van der Waals surface area contributed by atoms with Gasteiger partial charge in [0.1, 0.15) is 0 Å². The maximum absolute atomic E-state index is 13.2. The number of hydrogen-bond acceptors (Lipinski definition) is 5. The number of hydrogen-bond donors (Lipinski definition) is 1. The van der Waals surface area contributed by atoms with Gasteiger partial charge in [-0.15, -0.1) is 13.9 Å². The average Bonchev–Trinajstić information content (AvgIpc) is 3.18. The molecule has 0 radical (unpaired) electrons. The Balaban J connectivity index is 1.58. The zero-order chi connectivity index (χ0) is 20.0. The molecule has 0 fully saturated rings. The van der Waals surface area contributed by atoms with Crippen LogP contribution in [0, 0.1) is 0 Å². The monoisotopic (exact) mass is 393 g/mol. The van der Waals surface area contributed by atoms with E-state index in [1.165, 1.54) is 18.2 Å². The molecule has 1 N–H and O–H groups in total. The number of aromatic nitrogens is 1. The Morgan fingerprint density at radius 1 is 0.828 bits per heavy atom. The molecule has 0 amide bonds. The number of alkyl halides is 2. The smallest absolute Gasteiger partial charge is 0.493 e. The highest BCUT2D eigenvalue weighted by atomic mass is 19.3. The van der Waals surface area contributed by atoms with Crippen LogP contribution in [-0.4, -0.2) is 16.0 Å². The summed E-state index contributed by atoms with van der Waals surface area (Å²) in [5.41, 5.74) is 2.08. The summed E-state index contributed by atoms with van der Waals surface area (Å²) in [5, 5.41) is 19.8. The lowest BCUT2D eigenvalue weighted by molar-refractivity contribution is -0.286. The highest BCUT2D eigenvalue weighted by Crippen LogP contribution is 2.44. The molecule has 0 unspecified atom stereocenters. The van der Waals surface area contributed by atoms with E-state index < -0.39 is 6.29 Å². The summed E-state index contributed by atoms with van der Waals surface area (Å²) in [4.78, 5) is 0. The third kappa shape index (κ3) is 2.94. The molecule has 8 heteroatoms. The Bertz CT molecular complexity index is 1250. The van der Waals surface area contributed by atoms with E-state index in [0.717, 1.165) is 11.2 Å². The van der Waals surface area contributed by atoms with Crippen molar-refractivity contribution in [2.45, 2.75) is 6.29 Å². The lowest BCUT2D eigenvalue weighted by Crippen LogP contribution is -2.25. The number of benzene rings is 3. The van der Waals surface area contributed by atoms with E-state index in [1.807, 2.05) is 54.6 Å². The summed E-state index contributed by atoms with van der Waals surface area (Å²) >= 11 is 0. The number of nitrogens with zero attached hydrogens (tertiary/aromatic N) is 3. The molecule has 1 aromatic heterocycles. The van der Waals surface area contributed by atoms with Crippen molar-refractivity contribution >= 4 is 22.3 Å². The van der Waals surface area contributed by atoms with Gasteiger partial charge in [-0.05, 0) is 30.3 Å². The van der Waals surface area contributed by atoms with Gasteiger partial charge >= 0.3 is 6.29 Å². The van der Waals surface area contributed by atoms with Crippen molar-refractivity contribution in [1.82, 2.24) is 4.57 Å². The topological polar surface area (TPSA) is 68.3 Å². The molecule has 1 aliphatic rings. The van der Waals surface area contributed by atoms with Crippen LogP contribution in [0.3, 0.4) is 0 Å². The minimum atomic E-state index is -3.69. The number of halogens is 2. The first-order chi connectivity index (χ1) is 14.0. The van der Waals surface area contributed by atoms with Crippen LogP contribution >= 0.6 is 0 Å².